The number of aromatic hydroxyl groups is 1. The molecule has 9 nitrogen and oxygen atoms in total. The van der Waals surface area contributed by atoms with Crippen molar-refractivity contribution in [3.8, 4) is 11.5 Å². The van der Waals surface area contributed by atoms with Crippen LogP contribution in [0.4, 0.5) is 11.4 Å². The SMILES string of the molecule is Cc1cc(OCn2ccc(C(=O)Nc3ccc([N+](=O)[O-])cc3O)n2)ccc1Cl. The lowest BCUT2D eigenvalue weighted by molar-refractivity contribution is -0.384. The van der Waals surface area contributed by atoms with Gasteiger partial charge in [-0.3, -0.25) is 14.9 Å². The Morgan fingerprint density at radius 2 is 2.11 bits per heavy atom. The summed E-state index contributed by atoms with van der Waals surface area (Å²) in [7, 11) is 0. The van der Waals surface area contributed by atoms with Crippen molar-refractivity contribution in [2.75, 3.05) is 5.32 Å². The number of phenolic OH excluding ortho intramolecular Hbond substituents is 1. The molecule has 28 heavy (non-hydrogen) atoms. The molecule has 3 rings (SSSR count). The number of nitro groups is 1. The lowest BCUT2D eigenvalue weighted by atomic mass is 10.2. The average Bonchev–Trinajstić information content (AvgIpc) is 3.13. The fourth-order valence-electron chi connectivity index (χ4n) is 2.33. The predicted octanol–water partition coefficient (Wildman–Crippen LogP) is 3.75. The number of aryl methyl sites for hydroxylation is 1. The Hall–Kier alpha value is -3.59. The Morgan fingerprint density at radius 3 is 2.79 bits per heavy atom. The maximum absolute atomic E-state index is 12.3. The van der Waals surface area contributed by atoms with Crippen LogP contribution in [0, 0.1) is 17.0 Å². The first-order valence-electron chi connectivity index (χ1n) is 8.04. The Labute approximate surface area is 164 Å². The molecule has 0 unspecified atom stereocenters. The van der Waals surface area contributed by atoms with E-state index in [0.717, 1.165) is 11.6 Å². The highest BCUT2D eigenvalue weighted by Crippen LogP contribution is 2.28. The molecule has 0 bridgehead atoms. The molecule has 0 radical (unpaired) electrons. The molecule has 1 aromatic heterocycles. The smallest absolute Gasteiger partial charge is 0.276 e. The van der Waals surface area contributed by atoms with E-state index in [1.54, 1.807) is 24.4 Å². The lowest BCUT2D eigenvalue weighted by Gasteiger charge is -2.08. The molecule has 3 aromatic rings. The van der Waals surface area contributed by atoms with E-state index in [1.807, 2.05) is 6.92 Å². The number of hydrogen-bond acceptors (Lipinski definition) is 6. The van der Waals surface area contributed by atoms with E-state index in [2.05, 4.69) is 10.4 Å². The Kier molecular flexibility index (Phi) is 5.46. The molecule has 2 aromatic carbocycles. The molecule has 0 saturated heterocycles. The second-order valence-corrected chi connectivity index (χ2v) is 6.24. The first kappa shape index (κ1) is 19.2. The molecule has 0 fully saturated rings. The minimum atomic E-state index is -0.644. The van der Waals surface area contributed by atoms with E-state index in [1.165, 1.54) is 22.9 Å². The van der Waals surface area contributed by atoms with Crippen molar-refractivity contribution in [2.45, 2.75) is 13.7 Å². The molecule has 1 heterocycles. The van der Waals surface area contributed by atoms with Crippen LogP contribution >= 0.6 is 11.6 Å². The van der Waals surface area contributed by atoms with Gasteiger partial charge in [0.25, 0.3) is 11.6 Å². The number of hydrogen-bond donors (Lipinski definition) is 2. The fraction of sp³-hybridized carbons (Fsp3) is 0.111. The van der Waals surface area contributed by atoms with Gasteiger partial charge in [0.1, 0.15) is 11.5 Å². The van der Waals surface area contributed by atoms with Gasteiger partial charge in [-0.25, -0.2) is 4.68 Å². The summed E-state index contributed by atoms with van der Waals surface area (Å²) in [5, 5.41) is 27.7. The third-order valence-electron chi connectivity index (χ3n) is 3.81. The molecular weight excluding hydrogens is 388 g/mol. The van der Waals surface area contributed by atoms with Crippen LogP contribution in [0.15, 0.2) is 48.7 Å². The van der Waals surface area contributed by atoms with E-state index in [4.69, 9.17) is 16.3 Å². The van der Waals surface area contributed by atoms with Crippen molar-refractivity contribution in [1.82, 2.24) is 9.78 Å². The maximum Gasteiger partial charge on any atom is 0.276 e. The van der Waals surface area contributed by atoms with Crippen LogP contribution < -0.4 is 10.1 Å². The number of carbonyl (C=O) groups excluding carboxylic acids is 1. The van der Waals surface area contributed by atoms with E-state index in [0.29, 0.717) is 10.8 Å². The van der Waals surface area contributed by atoms with Gasteiger partial charge in [-0.1, -0.05) is 11.6 Å². The number of rotatable bonds is 6. The van der Waals surface area contributed by atoms with Gasteiger partial charge < -0.3 is 15.2 Å². The summed E-state index contributed by atoms with van der Waals surface area (Å²) in [5.41, 5.74) is 0.726. The second kappa shape index (κ2) is 7.97. The largest absolute Gasteiger partial charge is 0.506 e. The minimum absolute atomic E-state index is 0.0399. The summed E-state index contributed by atoms with van der Waals surface area (Å²) in [6.07, 6.45) is 1.56. The number of ether oxygens (including phenoxy) is 1. The number of nitro benzene ring substituents is 1. The van der Waals surface area contributed by atoms with Crippen LogP contribution in [0.2, 0.25) is 5.02 Å². The number of phenols is 1. The van der Waals surface area contributed by atoms with Crippen LogP contribution in [0.3, 0.4) is 0 Å². The summed E-state index contributed by atoms with van der Waals surface area (Å²) in [4.78, 5) is 22.3. The number of amides is 1. The van der Waals surface area contributed by atoms with Crippen molar-refractivity contribution >= 4 is 28.9 Å². The number of aromatic nitrogens is 2. The topological polar surface area (TPSA) is 120 Å². The van der Waals surface area contributed by atoms with Gasteiger partial charge in [-0.05, 0) is 42.8 Å². The summed E-state index contributed by atoms with van der Waals surface area (Å²) in [6, 6.07) is 10.1. The normalized spacial score (nSPS) is 10.5. The van der Waals surface area contributed by atoms with E-state index in [9.17, 15) is 20.0 Å². The van der Waals surface area contributed by atoms with Crippen molar-refractivity contribution in [3.05, 3.63) is 75.1 Å². The quantitative estimate of drug-likeness (QED) is 0.368. The lowest BCUT2D eigenvalue weighted by Crippen LogP contribution is -2.14. The monoisotopic (exact) mass is 402 g/mol. The van der Waals surface area contributed by atoms with Gasteiger partial charge in [0.15, 0.2) is 12.4 Å². The highest BCUT2D eigenvalue weighted by Gasteiger charge is 2.15. The van der Waals surface area contributed by atoms with Crippen molar-refractivity contribution in [2.24, 2.45) is 0 Å². The second-order valence-electron chi connectivity index (χ2n) is 5.84. The molecule has 0 aliphatic heterocycles. The minimum Gasteiger partial charge on any atom is -0.506 e. The summed E-state index contributed by atoms with van der Waals surface area (Å²) in [5.74, 6) is -0.382. The third kappa shape index (κ3) is 4.38. The number of anilines is 1. The van der Waals surface area contributed by atoms with Crippen LogP contribution in [0.25, 0.3) is 0 Å². The van der Waals surface area contributed by atoms with Gasteiger partial charge in [0, 0.05) is 17.3 Å². The molecule has 0 atom stereocenters. The molecule has 0 aliphatic rings. The zero-order valence-corrected chi connectivity index (χ0v) is 15.4. The van der Waals surface area contributed by atoms with Gasteiger partial charge >= 0.3 is 0 Å². The summed E-state index contributed by atoms with van der Waals surface area (Å²) < 4.78 is 7.03. The Balaban J connectivity index is 1.63. The van der Waals surface area contributed by atoms with Gasteiger partial charge in [-0.15, -0.1) is 0 Å². The maximum atomic E-state index is 12.3. The first-order chi connectivity index (χ1) is 13.3. The summed E-state index contributed by atoms with van der Waals surface area (Å²) in [6.45, 7) is 1.94. The molecule has 1 amide bonds. The third-order valence-corrected chi connectivity index (χ3v) is 4.23. The molecular formula is C18H15ClN4O5. The van der Waals surface area contributed by atoms with Crippen molar-refractivity contribution in [3.63, 3.8) is 0 Å². The number of carbonyl (C=O) groups is 1. The molecule has 0 aliphatic carbocycles. The summed E-state index contributed by atoms with van der Waals surface area (Å²) >= 11 is 5.97. The van der Waals surface area contributed by atoms with Crippen LogP contribution in [-0.4, -0.2) is 25.7 Å². The molecule has 144 valence electrons. The molecule has 0 saturated carbocycles. The van der Waals surface area contributed by atoms with E-state index in [-0.39, 0.29) is 23.8 Å². The van der Waals surface area contributed by atoms with Crippen molar-refractivity contribution in [1.29, 1.82) is 0 Å². The average molecular weight is 403 g/mol. The first-order valence-corrected chi connectivity index (χ1v) is 8.42. The highest BCUT2D eigenvalue weighted by atomic mass is 35.5. The van der Waals surface area contributed by atoms with Crippen LogP contribution in [-0.2, 0) is 6.73 Å². The zero-order chi connectivity index (χ0) is 20.3. The Morgan fingerprint density at radius 1 is 1.32 bits per heavy atom. The number of nitrogens with one attached hydrogen (secondary N) is 1. The molecule has 0 spiro atoms. The number of non-ortho nitro benzene ring substituents is 1. The zero-order valence-electron chi connectivity index (χ0n) is 14.6. The standard InChI is InChI=1S/C18H15ClN4O5/c1-11-8-13(3-4-14(11)19)28-10-22-7-6-16(21-22)18(25)20-15-5-2-12(23(26)27)9-17(15)24/h2-9,24H,10H2,1H3,(H,20,25). The number of nitrogens with zero attached hydrogens (tertiary/aromatic N) is 3. The van der Waals surface area contributed by atoms with Gasteiger partial charge in [0.2, 0.25) is 0 Å². The number of halogens is 1. The number of benzene rings is 2. The van der Waals surface area contributed by atoms with Crippen molar-refractivity contribution < 1.29 is 19.6 Å². The van der Waals surface area contributed by atoms with E-state index < -0.39 is 16.6 Å². The van der Waals surface area contributed by atoms with Crippen LogP contribution in [0.1, 0.15) is 16.1 Å². The van der Waals surface area contributed by atoms with E-state index >= 15 is 0 Å². The van der Waals surface area contributed by atoms with Gasteiger partial charge in [-0.2, -0.15) is 5.10 Å². The van der Waals surface area contributed by atoms with Gasteiger partial charge in [0.05, 0.1) is 16.7 Å². The molecule has 10 heteroatoms. The van der Waals surface area contributed by atoms with Crippen LogP contribution in [0.5, 0.6) is 11.5 Å². The highest BCUT2D eigenvalue weighted by molar-refractivity contribution is 6.31. The predicted molar refractivity (Wildman–Crippen MR) is 102 cm³/mol. The molecule has 2 N–H and O–H groups in total. The fourth-order valence-corrected chi connectivity index (χ4v) is 2.45. The Bertz CT molecular complexity index is 1050.